The topological polar surface area (TPSA) is 29.3 Å². The van der Waals surface area contributed by atoms with E-state index in [-0.39, 0.29) is 5.41 Å². The molecule has 3 heteroatoms. The molecule has 1 aromatic rings. The van der Waals surface area contributed by atoms with Gasteiger partial charge in [-0.25, -0.2) is 0 Å². The number of nitrogens with two attached hydrogens (primary N) is 1. The summed E-state index contributed by atoms with van der Waals surface area (Å²) < 4.78 is 0. The molecule has 1 fully saturated rings. The molecule has 1 aliphatic heterocycles. The van der Waals surface area contributed by atoms with Crippen LogP contribution in [0, 0.1) is 5.92 Å². The van der Waals surface area contributed by atoms with E-state index < -0.39 is 0 Å². The molecular weight excluding hydrogens is 252 g/mol. The lowest BCUT2D eigenvalue weighted by atomic mass is 9.93. The van der Waals surface area contributed by atoms with Gasteiger partial charge in [-0.05, 0) is 62.4 Å². The van der Waals surface area contributed by atoms with Crippen LogP contribution in [0.25, 0.3) is 0 Å². The maximum atomic E-state index is 5.65. The number of thiophene rings is 1. The third-order valence-corrected chi connectivity index (χ3v) is 5.56. The lowest BCUT2D eigenvalue weighted by Gasteiger charge is -2.31. The fraction of sp³-hybridized carbons (Fsp3) is 0.750. The van der Waals surface area contributed by atoms with Crippen molar-refractivity contribution in [2.45, 2.75) is 52.0 Å². The van der Waals surface area contributed by atoms with Crippen LogP contribution in [-0.2, 0) is 12.0 Å². The highest BCUT2D eigenvalue weighted by Gasteiger charge is 2.20. The Hall–Kier alpha value is -0.380. The largest absolute Gasteiger partial charge is 0.330 e. The highest BCUT2D eigenvalue weighted by atomic mass is 32.1. The van der Waals surface area contributed by atoms with Gasteiger partial charge in [0, 0.05) is 16.3 Å². The van der Waals surface area contributed by atoms with Crippen molar-refractivity contribution in [1.29, 1.82) is 0 Å². The molecule has 2 heterocycles. The number of hydrogen-bond donors (Lipinski definition) is 1. The summed E-state index contributed by atoms with van der Waals surface area (Å²) in [5.41, 5.74) is 5.94. The minimum absolute atomic E-state index is 0.289. The maximum Gasteiger partial charge on any atom is 0.0328 e. The normalized spacial score (nSPS) is 18.9. The Bertz CT molecular complexity index is 384. The van der Waals surface area contributed by atoms with E-state index in [1.165, 1.54) is 42.1 Å². The molecule has 1 aliphatic rings. The van der Waals surface area contributed by atoms with Crippen molar-refractivity contribution in [3.8, 4) is 0 Å². The molecule has 0 radical (unpaired) electrons. The maximum absolute atomic E-state index is 5.65. The molecule has 0 aliphatic carbocycles. The summed E-state index contributed by atoms with van der Waals surface area (Å²) in [6.07, 6.45) is 3.87. The van der Waals surface area contributed by atoms with Crippen LogP contribution >= 0.6 is 11.3 Å². The van der Waals surface area contributed by atoms with Gasteiger partial charge in [0.25, 0.3) is 0 Å². The quantitative estimate of drug-likeness (QED) is 0.913. The highest BCUT2D eigenvalue weighted by Crippen LogP contribution is 2.30. The van der Waals surface area contributed by atoms with Crippen molar-refractivity contribution < 1.29 is 0 Å². The van der Waals surface area contributed by atoms with Crippen LogP contribution < -0.4 is 5.73 Å². The van der Waals surface area contributed by atoms with Gasteiger partial charge in [0.05, 0.1) is 0 Å². The first-order valence-electron chi connectivity index (χ1n) is 7.50. The second-order valence-corrected chi connectivity index (χ2v) is 7.98. The number of nitrogens with zero attached hydrogens (tertiary/aromatic N) is 1. The SMILES string of the molecule is CC(C)(C)c1ccc(CN2CCC(CCN)CC2)s1. The standard InChI is InChI=1S/C16H28N2S/c1-16(2,3)15-5-4-14(19-15)12-18-10-7-13(6-9-17)8-11-18/h4-5,13H,6-12,17H2,1-3H3. The van der Waals surface area contributed by atoms with Crippen molar-refractivity contribution in [3.63, 3.8) is 0 Å². The van der Waals surface area contributed by atoms with Gasteiger partial charge in [0.2, 0.25) is 0 Å². The molecule has 1 aromatic heterocycles. The van der Waals surface area contributed by atoms with Gasteiger partial charge in [-0.1, -0.05) is 20.8 Å². The average Bonchev–Trinajstić information content (AvgIpc) is 2.80. The Labute approximate surface area is 122 Å². The number of piperidine rings is 1. The van der Waals surface area contributed by atoms with Crippen LogP contribution in [0.5, 0.6) is 0 Å². The predicted molar refractivity (Wildman–Crippen MR) is 84.7 cm³/mol. The lowest BCUT2D eigenvalue weighted by molar-refractivity contribution is 0.175. The van der Waals surface area contributed by atoms with Crippen LogP contribution in [0.1, 0.15) is 49.8 Å². The Kier molecular flexibility index (Phi) is 5.04. The third kappa shape index (κ3) is 4.30. The van der Waals surface area contributed by atoms with Crippen molar-refractivity contribution in [1.82, 2.24) is 4.90 Å². The fourth-order valence-electron chi connectivity index (χ4n) is 2.76. The van der Waals surface area contributed by atoms with E-state index in [0.29, 0.717) is 0 Å². The highest BCUT2D eigenvalue weighted by molar-refractivity contribution is 7.12. The van der Waals surface area contributed by atoms with Gasteiger partial charge < -0.3 is 5.73 Å². The summed E-state index contributed by atoms with van der Waals surface area (Å²) >= 11 is 1.98. The van der Waals surface area contributed by atoms with E-state index in [0.717, 1.165) is 19.0 Å². The van der Waals surface area contributed by atoms with Gasteiger partial charge in [-0.15, -0.1) is 11.3 Å². The van der Waals surface area contributed by atoms with Gasteiger partial charge in [0.15, 0.2) is 0 Å². The van der Waals surface area contributed by atoms with E-state index in [4.69, 9.17) is 5.73 Å². The van der Waals surface area contributed by atoms with Crippen molar-refractivity contribution in [2.75, 3.05) is 19.6 Å². The molecule has 19 heavy (non-hydrogen) atoms. The van der Waals surface area contributed by atoms with Gasteiger partial charge in [-0.2, -0.15) is 0 Å². The van der Waals surface area contributed by atoms with E-state index in [1.54, 1.807) is 0 Å². The minimum atomic E-state index is 0.289. The number of hydrogen-bond acceptors (Lipinski definition) is 3. The van der Waals surface area contributed by atoms with E-state index in [1.807, 2.05) is 11.3 Å². The summed E-state index contributed by atoms with van der Waals surface area (Å²) in [4.78, 5) is 5.62. The Morgan fingerprint density at radius 2 is 1.95 bits per heavy atom. The monoisotopic (exact) mass is 280 g/mol. The van der Waals surface area contributed by atoms with E-state index >= 15 is 0 Å². The van der Waals surface area contributed by atoms with Crippen LogP contribution in [0.3, 0.4) is 0 Å². The Balaban J connectivity index is 1.84. The molecule has 0 unspecified atom stereocenters. The summed E-state index contributed by atoms with van der Waals surface area (Å²) in [6, 6.07) is 4.62. The van der Waals surface area contributed by atoms with Crippen LogP contribution in [0.4, 0.5) is 0 Å². The first-order valence-corrected chi connectivity index (χ1v) is 8.32. The molecule has 2 nitrogen and oxygen atoms in total. The second kappa shape index (κ2) is 6.38. The Morgan fingerprint density at radius 3 is 2.47 bits per heavy atom. The molecule has 1 saturated heterocycles. The molecule has 2 rings (SSSR count). The predicted octanol–water partition coefficient (Wildman–Crippen LogP) is 3.61. The van der Waals surface area contributed by atoms with Crippen LogP contribution in [-0.4, -0.2) is 24.5 Å². The van der Waals surface area contributed by atoms with E-state index in [9.17, 15) is 0 Å². The smallest absolute Gasteiger partial charge is 0.0328 e. The van der Waals surface area contributed by atoms with Crippen molar-refractivity contribution in [2.24, 2.45) is 11.7 Å². The summed E-state index contributed by atoms with van der Waals surface area (Å²) in [6.45, 7) is 11.4. The average molecular weight is 280 g/mol. The number of likely N-dealkylation sites (tertiary alicyclic amines) is 1. The fourth-order valence-corrected chi connectivity index (χ4v) is 3.86. The van der Waals surface area contributed by atoms with Crippen LogP contribution in [0.15, 0.2) is 12.1 Å². The second-order valence-electron chi connectivity index (χ2n) is 6.81. The third-order valence-electron chi connectivity index (χ3n) is 4.06. The van der Waals surface area contributed by atoms with Gasteiger partial charge in [0.1, 0.15) is 0 Å². The van der Waals surface area contributed by atoms with Crippen molar-refractivity contribution >= 4 is 11.3 Å². The molecule has 0 spiro atoms. The summed E-state index contributed by atoms with van der Waals surface area (Å²) in [5, 5.41) is 0. The molecule has 0 bridgehead atoms. The molecule has 2 N–H and O–H groups in total. The Morgan fingerprint density at radius 1 is 1.26 bits per heavy atom. The van der Waals surface area contributed by atoms with Crippen molar-refractivity contribution in [3.05, 3.63) is 21.9 Å². The molecular formula is C16H28N2S. The van der Waals surface area contributed by atoms with Crippen LogP contribution in [0.2, 0.25) is 0 Å². The zero-order chi connectivity index (χ0) is 13.9. The molecule has 0 aromatic carbocycles. The molecule has 0 atom stereocenters. The minimum Gasteiger partial charge on any atom is -0.330 e. The summed E-state index contributed by atoms with van der Waals surface area (Å²) in [5.74, 6) is 0.870. The number of rotatable bonds is 4. The molecule has 108 valence electrons. The van der Waals surface area contributed by atoms with E-state index in [2.05, 4.69) is 37.8 Å². The molecule has 0 amide bonds. The zero-order valence-corrected chi connectivity index (χ0v) is 13.4. The lowest BCUT2D eigenvalue weighted by Crippen LogP contribution is -2.33. The summed E-state index contributed by atoms with van der Waals surface area (Å²) in [7, 11) is 0. The van der Waals surface area contributed by atoms with Gasteiger partial charge >= 0.3 is 0 Å². The first kappa shape index (κ1) is 15.0. The first-order chi connectivity index (χ1) is 8.99. The molecule has 0 saturated carbocycles. The van der Waals surface area contributed by atoms with Gasteiger partial charge in [-0.3, -0.25) is 4.90 Å². The zero-order valence-electron chi connectivity index (χ0n) is 12.6.